The SMILES string of the molecule is CCS[C@@H]1CCC[C@H]1NC(=O)Nc1ccc(CC#N)cc1. The van der Waals surface area contributed by atoms with Crippen LogP contribution in [0.25, 0.3) is 0 Å². The largest absolute Gasteiger partial charge is 0.334 e. The molecule has 1 fully saturated rings. The summed E-state index contributed by atoms with van der Waals surface area (Å²) >= 11 is 1.93. The van der Waals surface area contributed by atoms with Crippen molar-refractivity contribution in [3.8, 4) is 6.07 Å². The second kappa shape index (κ2) is 7.94. The van der Waals surface area contributed by atoms with E-state index in [2.05, 4.69) is 23.6 Å². The summed E-state index contributed by atoms with van der Waals surface area (Å²) in [7, 11) is 0. The number of rotatable bonds is 5. The monoisotopic (exact) mass is 303 g/mol. The second-order valence-corrected chi connectivity index (χ2v) is 6.68. The molecule has 1 aliphatic rings. The standard InChI is InChI=1S/C16H21N3OS/c1-2-21-15-5-3-4-14(15)19-16(20)18-13-8-6-12(7-9-13)10-11-17/h6-9,14-15H,2-5,10H2,1H3,(H2,18,19,20)/t14-,15-/m1/s1. The number of carbonyl (C=O) groups is 1. The summed E-state index contributed by atoms with van der Waals surface area (Å²) in [5, 5.41) is 15.1. The van der Waals surface area contributed by atoms with Gasteiger partial charge in [0, 0.05) is 17.0 Å². The Hall–Kier alpha value is -1.67. The fraction of sp³-hybridized carbons (Fsp3) is 0.500. The number of carbonyl (C=O) groups excluding carboxylic acids is 1. The number of anilines is 1. The summed E-state index contributed by atoms with van der Waals surface area (Å²) in [4.78, 5) is 12.0. The van der Waals surface area contributed by atoms with E-state index in [9.17, 15) is 4.79 Å². The first-order valence-corrected chi connectivity index (χ1v) is 8.42. The van der Waals surface area contributed by atoms with Gasteiger partial charge < -0.3 is 10.6 Å². The fourth-order valence-corrected chi connectivity index (χ4v) is 3.84. The molecule has 0 heterocycles. The van der Waals surface area contributed by atoms with E-state index in [-0.39, 0.29) is 12.1 Å². The van der Waals surface area contributed by atoms with Crippen LogP contribution in [0.5, 0.6) is 0 Å². The van der Waals surface area contributed by atoms with Crippen LogP contribution >= 0.6 is 11.8 Å². The Morgan fingerprint density at radius 1 is 1.38 bits per heavy atom. The van der Waals surface area contributed by atoms with E-state index >= 15 is 0 Å². The normalized spacial score (nSPS) is 20.8. The molecule has 4 nitrogen and oxygen atoms in total. The van der Waals surface area contributed by atoms with Crippen LogP contribution in [-0.4, -0.2) is 23.1 Å². The van der Waals surface area contributed by atoms with E-state index in [4.69, 9.17) is 5.26 Å². The number of hydrogen-bond acceptors (Lipinski definition) is 3. The predicted octanol–water partition coefficient (Wildman–Crippen LogP) is 3.55. The molecule has 1 aromatic carbocycles. The number of nitrogens with zero attached hydrogens (tertiary/aromatic N) is 1. The van der Waals surface area contributed by atoms with Crippen molar-refractivity contribution in [3.63, 3.8) is 0 Å². The lowest BCUT2D eigenvalue weighted by Gasteiger charge is -2.20. The molecule has 21 heavy (non-hydrogen) atoms. The van der Waals surface area contributed by atoms with Crippen molar-refractivity contribution in [1.82, 2.24) is 5.32 Å². The minimum atomic E-state index is -0.142. The molecular formula is C16H21N3OS. The zero-order chi connectivity index (χ0) is 15.1. The first-order valence-electron chi connectivity index (χ1n) is 7.38. The highest BCUT2D eigenvalue weighted by Crippen LogP contribution is 2.29. The van der Waals surface area contributed by atoms with Gasteiger partial charge in [0.25, 0.3) is 0 Å². The summed E-state index contributed by atoms with van der Waals surface area (Å²) in [5.74, 6) is 1.09. The van der Waals surface area contributed by atoms with Gasteiger partial charge >= 0.3 is 6.03 Å². The van der Waals surface area contributed by atoms with E-state index in [1.807, 2.05) is 36.0 Å². The number of thioether (sulfide) groups is 1. The summed E-state index contributed by atoms with van der Waals surface area (Å²) in [6.45, 7) is 2.16. The molecule has 2 atom stereocenters. The number of hydrogen-bond donors (Lipinski definition) is 2. The number of nitrogens with one attached hydrogen (secondary N) is 2. The summed E-state index contributed by atoms with van der Waals surface area (Å²) < 4.78 is 0. The Morgan fingerprint density at radius 2 is 2.14 bits per heavy atom. The smallest absolute Gasteiger partial charge is 0.319 e. The minimum Gasteiger partial charge on any atom is -0.334 e. The lowest BCUT2D eigenvalue weighted by atomic mass is 10.1. The Kier molecular flexibility index (Phi) is 5.94. The van der Waals surface area contributed by atoms with E-state index in [1.165, 1.54) is 12.8 Å². The molecule has 0 spiro atoms. The number of nitriles is 1. The van der Waals surface area contributed by atoms with E-state index in [1.54, 1.807) is 0 Å². The molecule has 0 aromatic heterocycles. The van der Waals surface area contributed by atoms with E-state index < -0.39 is 0 Å². The molecule has 0 aliphatic heterocycles. The van der Waals surface area contributed by atoms with Crippen LogP contribution in [0.15, 0.2) is 24.3 Å². The van der Waals surface area contributed by atoms with Gasteiger partial charge in [-0.25, -0.2) is 4.79 Å². The minimum absolute atomic E-state index is 0.142. The van der Waals surface area contributed by atoms with Gasteiger partial charge in [-0.1, -0.05) is 25.5 Å². The third-order valence-corrected chi connectivity index (χ3v) is 4.97. The van der Waals surface area contributed by atoms with Crippen molar-refractivity contribution in [3.05, 3.63) is 29.8 Å². The molecule has 2 rings (SSSR count). The van der Waals surface area contributed by atoms with Crippen LogP contribution in [0.3, 0.4) is 0 Å². The van der Waals surface area contributed by atoms with Crippen molar-refractivity contribution < 1.29 is 4.79 Å². The molecule has 0 bridgehead atoms. The molecule has 5 heteroatoms. The Bertz CT molecular complexity index is 509. The number of benzene rings is 1. The first kappa shape index (κ1) is 15.7. The Morgan fingerprint density at radius 3 is 2.81 bits per heavy atom. The van der Waals surface area contributed by atoms with Crippen molar-refractivity contribution in [1.29, 1.82) is 5.26 Å². The maximum Gasteiger partial charge on any atom is 0.319 e. The van der Waals surface area contributed by atoms with Crippen LogP contribution < -0.4 is 10.6 Å². The Balaban J connectivity index is 1.85. The Labute approximate surface area is 130 Å². The highest BCUT2D eigenvalue weighted by atomic mass is 32.2. The number of amides is 2. The molecule has 2 amide bonds. The van der Waals surface area contributed by atoms with Gasteiger partial charge in [-0.2, -0.15) is 17.0 Å². The molecular weight excluding hydrogens is 282 g/mol. The van der Waals surface area contributed by atoms with Gasteiger partial charge in [0.15, 0.2) is 0 Å². The zero-order valence-electron chi connectivity index (χ0n) is 12.3. The third-order valence-electron chi connectivity index (χ3n) is 3.64. The van der Waals surface area contributed by atoms with Crippen molar-refractivity contribution >= 4 is 23.5 Å². The van der Waals surface area contributed by atoms with Crippen LogP contribution in [-0.2, 0) is 6.42 Å². The quantitative estimate of drug-likeness (QED) is 0.874. The zero-order valence-corrected chi connectivity index (χ0v) is 13.1. The maximum absolute atomic E-state index is 12.0. The highest BCUT2D eigenvalue weighted by molar-refractivity contribution is 7.99. The van der Waals surface area contributed by atoms with Crippen LogP contribution in [0.1, 0.15) is 31.7 Å². The molecule has 1 saturated carbocycles. The third kappa shape index (κ3) is 4.68. The van der Waals surface area contributed by atoms with Gasteiger partial charge in [-0.15, -0.1) is 0 Å². The van der Waals surface area contributed by atoms with Crippen LogP contribution in [0, 0.1) is 11.3 Å². The molecule has 0 unspecified atom stereocenters. The summed E-state index contributed by atoms with van der Waals surface area (Å²) in [6.07, 6.45) is 3.83. The molecule has 1 aliphatic carbocycles. The van der Waals surface area contributed by atoms with E-state index in [0.717, 1.165) is 23.4 Å². The molecule has 1 aromatic rings. The average molecular weight is 303 g/mol. The van der Waals surface area contributed by atoms with Crippen molar-refractivity contribution in [2.45, 2.75) is 43.9 Å². The van der Waals surface area contributed by atoms with Crippen molar-refractivity contribution in [2.24, 2.45) is 0 Å². The summed E-state index contributed by atoms with van der Waals surface area (Å²) in [5.41, 5.74) is 1.71. The molecule has 112 valence electrons. The predicted molar refractivity (Wildman–Crippen MR) is 87.5 cm³/mol. The van der Waals surface area contributed by atoms with Gasteiger partial charge in [-0.05, 0) is 36.3 Å². The lowest BCUT2D eigenvalue weighted by molar-refractivity contribution is 0.249. The first-order chi connectivity index (χ1) is 10.2. The molecule has 0 saturated heterocycles. The number of urea groups is 1. The highest BCUT2D eigenvalue weighted by Gasteiger charge is 2.28. The van der Waals surface area contributed by atoms with Crippen LogP contribution in [0.4, 0.5) is 10.5 Å². The maximum atomic E-state index is 12.0. The van der Waals surface area contributed by atoms with Gasteiger partial charge in [-0.3, -0.25) is 0 Å². The second-order valence-electron chi connectivity index (χ2n) is 5.16. The summed E-state index contributed by atoms with van der Waals surface area (Å²) in [6, 6.07) is 9.63. The lowest BCUT2D eigenvalue weighted by Crippen LogP contribution is -2.41. The van der Waals surface area contributed by atoms with Gasteiger partial charge in [0.05, 0.1) is 12.5 Å². The van der Waals surface area contributed by atoms with Gasteiger partial charge in [0.2, 0.25) is 0 Å². The van der Waals surface area contributed by atoms with E-state index in [0.29, 0.717) is 11.7 Å². The molecule has 0 radical (unpaired) electrons. The van der Waals surface area contributed by atoms with Gasteiger partial charge in [0.1, 0.15) is 0 Å². The fourth-order valence-electron chi connectivity index (χ4n) is 2.64. The topological polar surface area (TPSA) is 64.9 Å². The van der Waals surface area contributed by atoms with Crippen molar-refractivity contribution in [2.75, 3.05) is 11.1 Å². The average Bonchev–Trinajstić information content (AvgIpc) is 2.89. The van der Waals surface area contributed by atoms with Crippen LogP contribution in [0.2, 0.25) is 0 Å². The molecule has 2 N–H and O–H groups in total.